The van der Waals surface area contributed by atoms with Crippen LogP contribution in [-0.2, 0) is 14.8 Å². The van der Waals surface area contributed by atoms with Crippen molar-refractivity contribution in [2.45, 2.75) is 43.5 Å². The molecule has 168 valence electrons. The molecule has 1 N–H and O–H groups in total. The molecule has 2 aromatic carbocycles. The number of nitrogens with one attached hydrogen (secondary N) is 1. The van der Waals surface area contributed by atoms with Gasteiger partial charge in [-0.2, -0.15) is 4.31 Å². The largest absolute Gasteiger partial charge is 0.325 e. The summed E-state index contributed by atoms with van der Waals surface area (Å²) in [6.45, 7) is 7.10. The van der Waals surface area contributed by atoms with Crippen molar-refractivity contribution in [2.75, 3.05) is 24.2 Å². The average Bonchev–Trinajstić information content (AvgIpc) is 3.27. The number of fused-ring (bicyclic) bond motifs is 1. The van der Waals surface area contributed by atoms with Crippen LogP contribution in [0.4, 0.5) is 5.69 Å². The molecule has 2 heterocycles. The number of nitrogens with zero attached hydrogens (tertiary/aromatic N) is 2. The third-order valence-electron chi connectivity index (χ3n) is 5.52. The summed E-state index contributed by atoms with van der Waals surface area (Å²) in [6, 6.07) is 13.0. The van der Waals surface area contributed by atoms with E-state index in [-0.39, 0.29) is 11.7 Å². The minimum Gasteiger partial charge on any atom is -0.325 e. The number of rotatable bonds is 6. The standard InChI is InChI=1S/C24H27N3O3S2/c1-16-10-17(2)12-19(11-16)25-23(28)15-31-24-13-18(3)21-14-20(6-7-22(21)26-24)32(29,30)27-8-4-5-9-27/h6-7,10-14H,4-5,8-9,15H2,1-3H3,(H,25,28). The monoisotopic (exact) mass is 469 g/mol. The van der Waals surface area contributed by atoms with E-state index >= 15 is 0 Å². The molecule has 4 rings (SSSR count). The minimum atomic E-state index is -3.47. The summed E-state index contributed by atoms with van der Waals surface area (Å²) in [6.07, 6.45) is 1.82. The third kappa shape index (κ3) is 4.98. The predicted octanol–water partition coefficient (Wildman–Crippen LogP) is 4.68. The highest BCUT2D eigenvalue weighted by atomic mass is 32.2. The summed E-state index contributed by atoms with van der Waals surface area (Å²) < 4.78 is 27.3. The lowest BCUT2D eigenvalue weighted by Crippen LogP contribution is -2.27. The predicted molar refractivity (Wildman–Crippen MR) is 130 cm³/mol. The molecular weight excluding hydrogens is 442 g/mol. The number of pyridine rings is 1. The maximum absolute atomic E-state index is 12.9. The van der Waals surface area contributed by atoms with E-state index < -0.39 is 10.0 Å². The number of benzene rings is 2. The van der Waals surface area contributed by atoms with Crippen LogP contribution in [0.25, 0.3) is 10.9 Å². The molecule has 6 nitrogen and oxygen atoms in total. The molecule has 1 aromatic heterocycles. The zero-order valence-corrected chi connectivity index (χ0v) is 20.1. The molecule has 1 amide bonds. The molecule has 32 heavy (non-hydrogen) atoms. The van der Waals surface area contributed by atoms with Crippen LogP contribution < -0.4 is 5.32 Å². The van der Waals surface area contributed by atoms with Crippen LogP contribution in [0.5, 0.6) is 0 Å². The summed E-state index contributed by atoms with van der Waals surface area (Å²) in [5, 5.41) is 4.49. The van der Waals surface area contributed by atoms with Gasteiger partial charge in [0, 0.05) is 24.2 Å². The van der Waals surface area contributed by atoms with Crippen molar-refractivity contribution >= 4 is 44.3 Å². The Balaban J connectivity index is 1.49. The Morgan fingerprint density at radius 3 is 2.41 bits per heavy atom. The van der Waals surface area contributed by atoms with Gasteiger partial charge in [-0.15, -0.1) is 0 Å². The second kappa shape index (κ2) is 9.21. The lowest BCUT2D eigenvalue weighted by molar-refractivity contribution is -0.113. The smallest absolute Gasteiger partial charge is 0.243 e. The molecule has 1 saturated heterocycles. The molecular formula is C24H27N3O3S2. The summed E-state index contributed by atoms with van der Waals surface area (Å²) in [4.78, 5) is 17.4. The van der Waals surface area contributed by atoms with Gasteiger partial charge in [-0.3, -0.25) is 4.79 Å². The summed E-state index contributed by atoms with van der Waals surface area (Å²) >= 11 is 1.37. The fourth-order valence-corrected chi connectivity index (χ4v) is 6.36. The Morgan fingerprint density at radius 2 is 1.72 bits per heavy atom. The Labute approximate surface area is 193 Å². The van der Waals surface area contributed by atoms with Crippen LogP contribution in [0.3, 0.4) is 0 Å². The molecule has 0 spiro atoms. The van der Waals surface area contributed by atoms with E-state index in [4.69, 9.17) is 0 Å². The number of carbonyl (C=O) groups is 1. The number of aromatic nitrogens is 1. The van der Waals surface area contributed by atoms with Gasteiger partial charge in [0.1, 0.15) is 0 Å². The Hall–Kier alpha value is -2.42. The number of aryl methyl sites for hydroxylation is 3. The summed E-state index contributed by atoms with van der Waals surface area (Å²) in [5.41, 5.74) is 4.66. The van der Waals surface area contributed by atoms with E-state index in [1.807, 2.05) is 39.0 Å². The van der Waals surface area contributed by atoms with Crippen LogP contribution in [0, 0.1) is 20.8 Å². The molecule has 0 bridgehead atoms. The van der Waals surface area contributed by atoms with Crippen LogP contribution in [0.15, 0.2) is 52.4 Å². The van der Waals surface area contributed by atoms with Gasteiger partial charge < -0.3 is 5.32 Å². The third-order valence-corrected chi connectivity index (χ3v) is 8.33. The average molecular weight is 470 g/mol. The van der Waals surface area contributed by atoms with Crippen molar-refractivity contribution in [2.24, 2.45) is 0 Å². The highest BCUT2D eigenvalue weighted by Gasteiger charge is 2.27. The second-order valence-electron chi connectivity index (χ2n) is 8.28. The number of thioether (sulfide) groups is 1. The Morgan fingerprint density at radius 1 is 1.03 bits per heavy atom. The van der Waals surface area contributed by atoms with Crippen LogP contribution in [-0.4, -0.2) is 42.5 Å². The zero-order valence-electron chi connectivity index (χ0n) is 18.5. The fourth-order valence-electron chi connectivity index (χ4n) is 4.04. The number of carbonyl (C=O) groups excluding carboxylic acids is 1. The molecule has 1 aliphatic heterocycles. The number of hydrogen-bond acceptors (Lipinski definition) is 5. The van der Waals surface area contributed by atoms with Crippen molar-refractivity contribution in [3.05, 3.63) is 59.2 Å². The van der Waals surface area contributed by atoms with Crippen LogP contribution in [0.2, 0.25) is 0 Å². The lowest BCUT2D eigenvalue weighted by atomic mass is 10.1. The Kier molecular flexibility index (Phi) is 6.55. The van der Waals surface area contributed by atoms with Gasteiger partial charge in [-0.05, 0) is 86.7 Å². The SMILES string of the molecule is Cc1cc(C)cc(NC(=O)CSc2cc(C)c3cc(S(=O)(=O)N4CCCC4)ccc3n2)c1. The molecule has 8 heteroatoms. The normalized spacial score (nSPS) is 14.7. The topological polar surface area (TPSA) is 79.4 Å². The first-order chi connectivity index (χ1) is 15.2. The maximum Gasteiger partial charge on any atom is 0.243 e. The molecule has 1 fully saturated rings. The van der Waals surface area contributed by atoms with E-state index in [1.165, 1.54) is 11.8 Å². The van der Waals surface area contributed by atoms with Crippen LogP contribution >= 0.6 is 11.8 Å². The molecule has 0 unspecified atom stereocenters. The van der Waals surface area contributed by atoms with Crippen molar-refractivity contribution in [1.82, 2.24) is 9.29 Å². The first-order valence-electron chi connectivity index (χ1n) is 10.6. The number of amides is 1. The van der Waals surface area contributed by atoms with E-state index in [1.54, 1.807) is 22.5 Å². The quantitative estimate of drug-likeness (QED) is 0.531. The van der Waals surface area contributed by atoms with Crippen molar-refractivity contribution in [1.29, 1.82) is 0 Å². The molecule has 0 saturated carbocycles. The van der Waals surface area contributed by atoms with E-state index in [0.717, 1.165) is 51.1 Å². The molecule has 0 radical (unpaired) electrons. The molecule has 0 atom stereocenters. The summed E-state index contributed by atoms with van der Waals surface area (Å²) in [7, 11) is -3.47. The maximum atomic E-state index is 12.9. The lowest BCUT2D eigenvalue weighted by Gasteiger charge is -2.16. The van der Waals surface area contributed by atoms with Gasteiger partial charge in [0.2, 0.25) is 15.9 Å². The van der Waals surface area contributed by atoms with Gasteiger partial charge in [-0.25, -0.2) is 13.4 Å². The van der Waals surface area contributed by atoms with Gasteiger partial charge in [0.25, 0.3) is 0 Å². The number of hydrogen-bond donors (Lipinski definition) is 1. The van der Waals surface area contributed by atoms with E-state index in [2.05, 4.69) is 16.4 Å². The first kappa shape index (κ1) is 22.8. The van der Waals surface area contributed by atoms with Gasteiger partial charge >= 0.3 is 0 Å². The molecule has 3 aromatic rings. The minimum absolute atomic E-state index is 0.0911. The van der Waals surface area contributed by atoms with Crippen molar-refractivity contribution in [3.8, 4) is 0 Å². The molecule has 1 aliphatic rings. The van der Waals surface area contributed by atoms with Gasteiger partial charge in [-0.1, -0.05) is 17.8 Å². The van der Waals surface area contributed by atoms with Gasteiger partial charge in [0.05, 0.1) is 21.2 Å². The zero-order chi connectivity index (χ0) is 22.9. The highest BCUT2D eigenvalue weighted by molar-refractivity contribution is 7.99. The molecule has 0 aliphatic carbocycles. The Bertz CT molecular complexity index is 1260. The van der Waals surface area contributed by atoms with E-state index in [0.29, 0.717) is 18.0 Å². The highest BCUT2D eigenvalue weighted by Crippen LogP contribution is 2.28. The fraction of sp³-hybridized carbons (Fsp3) is 0.333. The number of sulfonamides is 1. The number of anilines is 1. The van der Waals surface area contributed by atoms with Gasteiger partial charge in [0.15, 0.2) is 0 Å². The second-order valence-corrected chi connectivity index (χ2v) is 11.2. The summed E-state index contributed by atoms with van der Waals surface area (Å²) in [5.74, 6) is 0.151. The van der Waals surface area contributed by atoms with Crippen molar-refractivity contribution in [3.63, 3.8) is 0 Å². The van der Waals surface area contributed by atoms with E-state index in [9.17, 15) is 13.2 Å². The first-order valence-corrected chi connectivity index (χ1v) is 13.1. The van der Waals surface area contributed by atoms with Crippen molar-refractivity contribution < 1.29 is 13.2 Å². The van der Waals surface area contributed by atoms with Crippen LogP contribution in [0.1, 0.15) is 29.5 Å².